The van der Waals surface area contributed by atoms with Crippen molar-refractivity contribution in [2.45, 2.75) is 24.3 Å². The quantitative estimate of drug-likeness (QED) is 0.672. The number of amides is 1. The minimum atomic E-state index is -0.323. The van der Waals surface area contributed by atoms with Gasteiger partial charge >= 0.3 is 0 Å². The first kappa shape index (κ1) is 18.0. The Kier molecular flexibility index (Phi) is 5.58. The molecule has 0 fully saturated rings. The number of nitrogens with one attached hydrogen (secondary N) is 1. The van der Waals surface area contributed by atoms with Gasteiger partial charge in [-0.15, -0.1) is 10.2 Å². The van der Waals surface area contributed by atoms with Crippen molar-refractivity contribution >= 4 is 23.4 Å². The van der Waals surface area contributed by atoms with Gasteiger partial charge in [0.15, 0.2) is 5.16 Å². The first-order chi connectivity index (χ1) is 12.6. The molecule has 6 nitrogen and oxygen atoms in total. The number of hydrogen-bond acceptors (Lipinski definition) is 5. The Balaban J connectivity index is 1.72. The second kappa shape index (κ2) is 8.05. The first-order valence-corrected chi connectivity index (χ1v) is 9.04. The van der Waals surface area contributed by atoms with Gasteiger partial charge in [0.2, 0.25) is 5.91 Å². The Bertz CT molecular complexity index is 893. The molecule has 0 aliphatic carbocycles. The summed E-state index contributed by atoms with van der Waals surface area (Å²) in [5.74, 6) is 0.704. The summed E-state index contributed by atoms with van der Waals surface area (Å²) in [7, 11) is 1.63. The summed E-state index contributed by atoms with van der Waals surface area (Å²) in [6, 6.07) is 15.3. The maximum Gasteiger partial charge on any atom is 0.237 e. The Morgan fingerprint density at radius 3 is 2.62 bits per heavy atom. The maximum absolute atomic E-state index is 12.5. The van der Waals surface area contributed by atoms with Crippen LogP contribution >= 0.6 is 11.8 Å². The van der Waals surface area contributed by atoms with Crippen LogP contribution in [0.4, 0.5) is 5.69 Å². The number of carbonyl (C=O) groups excluding carboxylic acids is 1. The van der Waals surface area contributed by atoms with Crippen LogP contribution in [-0.4, -0.2) is 33.0 Å². The Morgan fingerprint density at radius 2 is 1.92 bits per heavy atom. The summed E-state index contributed by atoms with van der Waals surface area (Å²) in [5.41, 5.74) is 2.76. The van der Waals surface area contributed by atoms with E-state index in [-0.39, 0.29) is 11.2 Å². The molecule has 1 atom stereocenters. The lowest BCUT2D eigenvalue weighted by Crippen LogP contribution is -2.23. The van der Waals surface area contributed by atoms with Crippen LogP contribution in [0.1, 0.15) is 12.5 Å². The lowest BCUT2D eigenvalue weighted by Gasteiger charge is -2.14. The van der Waals surface area contributed by atoms with Gasteiger partial charge in [0.05, 0.1) is 12.4 Å². The normalized spacial score (nSPS) is 11.8. The number of methoxy groups -OCH3 is 1. The second-order valence-corrected chi connectivity index (χ2v) is 7.05. The molecular formula is C19H20N4O2S. The third-order valence-corrected chi connectivity index (χ3v) is 4.98. The van der Waals surface area contributed by atoms with E-state index in [9.17, 15) is 4.79 Å². The van der Waals surface area contributed by atoms with Crippen LogP contribution in [0.2, 0.25) is 0 Å². The lowest BCUT2D eigenvalue weighted by molar-refractivity contribution is -0.115. The van der Waals surface area contributed by atoms with Crippen molar-refractivity contribution in [2.24, 2.45) is 0 Å². The van der Waals surface area contributed by atoms with Crippen molar-refractivity contribution < 1.29 is 9.53 Å². The fourth-order valence-electron chi connectivity index (χ4n) is 2.38. The van der Waals surface area contributed by atoms with E-state index in [1.165, 1.54) is 11.8 Å². The fraction of sp³-hybridized carbons (Fsp3) is 0.211. The zero-order valence-corrected chi connectivity index (χ0v) is 15.7. The molecule has 3 aromatic rings. The van der Waals surface area contributed by atoms with E-state index in [0.717, 1.165) is 22.7 Å². The Hall–Kier alpha value is -2.80. The average molecular weight is 368 g/mol. The lowest BCUT2D eigenvalue weighted by atomic mass is 10.2. The molecule has 1 N–H and O–H groups in total. The van der Waals surface area contributed by atoms with Crippen LogP contribution in [0, 0.1) is 6.92 Å². The number of aromatic nitrogens is 3. The molecule has 1 heterocycles. The van der Waals surface area contributed by atoms with Crippen LogP contribution in [-0.2, 0) is 4.79 Å². The molecule has 0 saturated heterocycles. The molecule has 1 aromatic heterocycles. The highest BCUT2D eigenvalue weighted by atomic mass is 32.2. The van der Waals surface area contributed by atoms with Crippen molar-refractivity contribution in [2.75, 3.05) is 12.4 Å². The van der Waals surface area contributed by atoms with E-state index in [2.05, 4.69) is 15.5 Å². The SMILES string of the molecule is COc1ccc(-n2cnnc2SC(C)C(=O)Nc2ccccc2C)cc1. The molecule has 26 heavy (non-hydrogen) atoms. The molecule has 3 rings (SSSR count). The van der Waals surface area contributed by atoms with E-state index >= 15 is 0 Å². The van der Waals surface area contributed by atoms with Crippen LogP contribution in [0.25, 0.3) is 5.69 Å². The Labute approximate surface area is 156 Å². The zero-order chi connectivity index (χ0) is 18.5. The van der Waals surface area contributed by atoms with Crippen LogP contribution in [0.15, 0.2) is 60.0 Å². The van der Waals surface area contributed by atoms with Gasteiger partial charge in [-0.25, -0.2) is 0 Å². The van der Waals surface area contributed by atoms with Gasteiger partial charge in [-0.2, -0.15) is 0 Å². The van der Waals surface area contributed by atoms with Crippen molar-refractivity contribution in [1.82, 2.24) is 14.8 Å². The molecule has 134 valence electrons. The summed E-state index contributed by atoms with van der Waals surface area (Å²) < 4.78 is 7.03. The number of anilines is 1. The number of aryl methyl sites for hydroxylation is 1. The van der Waals surface area contributed by atoms with Gasteiger partial charge < -0.3 is 10.1 Å². The molecule has 0 bridgehead atoms. The average Bonchev–Trinajstić information content (AvgIpc) is 3.11. The predicted molar refractivity (Wildman–Crippen MR) is 103 cm³/mol. The topological polar surface area (TPSA) is 69.0 Å². The van der Waals surface area contributed by atoms with E-state index < -0.39 is 0 Å². The maximum atomic E-state index is 12.5. The van der Waals surface area contributed by atoms with Crippen LogP contribution in [0.3, 0.4) is 0 Å². The Morgan fingerprint density at radius 1 is 1.19 bits per heavy atom. The third kappa shape index (κ3) is 4.05. The molecule has 0 spiro atoms. The van der Waals surface area contributed by atoms with Crippen LogP contribution < -0.4 is 10.1 Å². The molecular weight excluding hydrogens is 348 g/mol. The number of rotatable bonds is 6. The predicted octanol–water partition coefficient (Wildman–Crippen LogP) is 3.70. The van der Waals surface area contributed by atoms with Gasteiger partial charge in [0.25, 0.3) is 0 Å². The minimum Gasteiger partial charge on any atom is -0.497 e. The molecule has 2 aromatic carbocycles. The smallest absolute Gasteiger partial charge is 0.237 e. The van der Waals surface area contributed by atoms with E-state index in [4.69, 9.17) is 4.74 Å². The van der Waals surface area contributed by atoms with E-state index in [1.807, 2.05) is 66.9 Å². The molecule has 0 aliphatic rings. The molecule has 1 unspecified atom stereocenters. The fourth-order valence-corrected chi connectivity index (χ4v) is 3.23. The summed E-state index contributed by atoms with van der Waals surface area (Å²) in [6.45, 7) is 3.82. The standard InChI is InChI=1S/C19H20N4O2S/c1-13-6-4-5-7-17(13)21-18(24)14(2)26-19-22-20-12-23(19)15-8-10-16(25-3)11-9-15/h4-12,14H,1-3H3,(H,21,24). The van der Waals surface area contributed by atoms with Crippen molar-refractivity contribution in [3.8, 4) is 11.4 Å². The van der Waals surface area contributed by atoms with E-state index in [1.54, 1.807) is 13.4 Å². The van der Waals surface area contributed by atoms with Gasteiger partial charge in [-0.05, 0) is 49.7 Å². The largest absolute Gasteiger partial charge is 0.497 e. The van der Waals surface area contributed by atoms with Gasteiger partial charge in [0.1, 0.15) is 12.1 Å². The monoisotopic (exact) mass is 368 g/mol. The molecule has 0 aliphatic heterocycles. The molecule has 1 amide bonds. The summed E-state index contributed by atoms with van der Waals surface area (Å²) in [5, 5.41) is 11.4. The summed E-state index contributed by atoms with van der Waals surface area (Å²) in [6.07, 6.45) is 1.64. The number of carbonyl (C=O) groups is 1. The summed E-state index contributed by atoms with van der Waals surface area (Å²) in [4.78, 5) is 12.5. The van der Waals surface area contributed by atoms with Crippen molar-refractivity contribution in [3.63, 3.8) is 0 Å². The van der Waals surface area contributed by atoms with Gasteiger partial charge in [0, 0.05) is 11.4 Å². The summed E-state index contributed by atoms with van der Waals surface area (Å²) >= 11 is 1.36. The number of thioether (sulfide) groups is 1. The molecule has 0 saturated carbocycles. The van der Waals surface area contributed by atoms with Gasteiger partial charge in [-0.1, -0.05) is 30.0 Å². The van der Waals surface area contributed by atoms with Crippen molar-refractivity contribution in [1.29, 1.82) is 0 Å². The van der Waals surface area contributed by atoms with Crippen molar-refractivity contribution in [3.05, 3.63) is 60.4 Å². The minimum absolute atomic E-state index is 0.0754. The molecule has 0 radical (unpaired) electrons. The number of benzene rings is 2. The highest BCUT2D eigenvalue weighted by Crippen LogP contribution is 2.26. The second-order valence-electron chi connectivity index (χ2n) is 5.75. The number of ether oxygens (including phenoxy) is 1. The van der Waals surface area contributed by atoms with Gasteiger partial charge in [-0.3, -0.25) is 9.36 Å². The highest BCUT2D eigenvalue weighted by molar-refractivity contribution is 8.00. The number of para-hydroxylation sites is 1. The first-order valence-electron chi connectivity index (χ1n) is 8.16. The third-order valence-electron chi connectivity index (χ3n) is 3.92. The zero-order valence-electron chi connectivity index (χ0n) is 14.8. The highest BCUT2D eigenvalue weighted by Gasteiger charge is 2.19. The molecule has 7 heteroatoms. The van der Waals surface area contributed by atoms with E-state index in [0.29, 0.717) is 5.16 Å². The number of nitrogens with zero attached hydrogens (tertiary/aromatic N) is 3. The van der Waals surface area contributed by atoms with Crippen LogP contribution in [0.5, 0.6) is 5.75 Å². The number of hydrogen-bond donors (Lipinski definition) is 1.